The van der Waals surface area contributed by atoms with Gasteiger partial charge in [-0.05, 0) is 43.7 Å². The third-order valence-corrected chi connectivity index (χ3v) is 6.11. The number of rotatable bonds is 4. The number of pyridine rings is 1. The molecule has 0 unspecified atom stereocenters. The minimum Gasteiger partial charge on any atom is -0.322 e. The molecular formula is C23H25N3OS. The van der Waals surface area contributed by atoms with E-state index in [0.29, 0.717) is 5.56 Å². The second-order valence-electron chi connectivity index (χ2n) is 7.32. The molecule has 1 aliphatic rings. The molecule has 0 atom stereocenters. The van der Waals surface area contributed by atoms with E-state index in [4.69, 9.17) is 0 Å². The summed E-state index contributed by atoms with van der Waals surface area (Å²) in [5, 5.41) is 4.12. The van der Waals surface area contributed by atoms with Crippen molar-refractivity contribution in [3.05, 3.63) is 70.9 Å². The van der Waals surface area contributed by atoms with Crippen LogP contribution < -0.4 is 5.32 Å². The first kappa shape index (κ1) is 19.0. The van der Waals surface area contributed by atoms with Crippen LogP contribution in [0.25, 0.3) is 10.9 Å². The third-order valence-electron chi connectivity index (χ3n) is 5.17. The van der Waals surface area contributed by atoms with Crippen LogP contribution in [0, 0.1) is 13.8 Å². The van der Waals surface area contributed by atoms with E-state index in [1.165, 1.54) is 11.5 Å². The molecular weight excluding hydrogens is 366 g/mol. The van der Waals surface area contributed by atoms with Gasteiger partial charge in [-0.25, -0.2) is 0 Å². The molecule has 0 radical (unpaired) electrons. The van der Waals surface area contributed by atoms with E-state index in [-0.39, 0.29) is 5.91 Å². The fourth-order valence-corrected chi connectivity index (χ4v) is 4.57. The molecule has 1 fully saturated rings. The molecule has 1 N–H and O–H groups in total. The Labute approximate surface area is 170 Å². The number of amides is 1. The summed E-state index contributed by atoms with van der Waals surface area (Å²) in [5.74, 6) is 2.25. The highest BCUT2D eigenvalue weighted by molar-refractivity contribution is 7.99. The van der Waals surface area contributed by atoms with Gasteiger partial charge in [0.1, 0.15) is 0 Å². The van der Waals surface area contributed by atoms with Crippen LogP contribution in [0.2, 0.25) is 0 Å². The van der Waals surface area contributed by atoms with E-state index < -0.39 is 0 Å². The van der Waals surface area contributed by atoms with Gasteiger partial charge < -0.3 is 5.32 Å². The van der Waals surface area contributed by atoms with Gasteiger partial charge in [0.05, 0.1) is 16.8 Å². The molecule has 1 aliphatic heterocycles. The summed E-state index contributed by atoms with van der Waals surface area (Å²) in [6.45, 7) is 7.01. The Kier molecular flexibility index (Phi) is 5.64. The number of carbonyl (C=O) groups is 1. The molecule has 4 rings (SSSR count). The predicted octanol–water partition coefficient (Wildman–Crippen LogP) is 4.65. The highest BCUT2D eigenvalue weighted by Gasteiger charge is 2.16. The average molecular weight is 392 g/mol. The van der Waals surface area contributed by atoms with Crippen LogP contribution in [0.3, 0.4) is 0 Å². The number of hydrogen-bond donors (Lipinski definition) is 1. The molecule has 0 bridgehead atoms. The first-order chi connectivity index (χ1) is 13.6. The number of aryl methyl sites for hydroxylation is 2. The van der Waals surface area contributed by atoms with Crippen LogP contribution in [0.5, 0.6) is 0 Å². The van der Waals surface area contributed by atoms with Gasteiger partial charge >= 0.3 is 0 Å². The standard InChI is InChI=1S/C23H25N3OS/c1-16-7-8-22-19(13-16)14-20(17(2)24-22)23(27)25-21-6-4-3-5-18(21)15-26-9-11-28-12-10-26/h3-8,13-14H,9-12,15H2,1-2H3,(H,25,27). The van der Waals surface area contributed by atoms with Crippen LogP contribution in [0.15, 0.2) is 48.5 Å². The molecule has 0 saturated carbocycles. The maximum atomic E-state index is 13.0. The number of nitrogens with one attached hydrogen (secondary N) is 1. The highest BCUT2D eigenvalue weighted by Crippen LogP contribution is 2.22. The predicted molar refractivity (Wildman–Crippen MR) is 118 cm³/mol. The Morgan fingerprint density at radius 1 is 1.11 bits per heavy atom. The number of thioether (sulfide) groups is 1. The maximum absolute atomic E-state index is 13.0. The average Bonchev–Trinajstić information content (AvgIpc) is 2.70. The summed E-state index contributed by atoms with van der Waals surface area (Å²) in [4.78, 5) is 20.1. The quantitative estimate of drug-likeness (QED) is 0.703. The number of para-hydroxylation sites is 1. The first-order valence-corrected chi connectivity index (χ1v) is 10.8. The fourth-order valence-electron chi connectivity index (χ4n) is 3.59. The molecule has 28 heavy (non-hydrogen) atoms. The lowest BCUT2D eigenvalue weighted by Gasteiger charge is -2.27. The van der Waals surface area contributed by atoms with Crippen molar-refractivity contribution in [1.29, 1.82) is 0 Å². The van der Waals surface area contributed by atoms with Gasteiger partial charge in [0.15, 0.2) is 0 Å². The van der Waals surface area contributed by atoms with Gasteiger partial charge in [0.2, 0.25) is 0 Å². The number of aromatic nitrogens is 1. The van der Waals surface area contributed by atoms with Crippen molar-refractivity contribution in [2.45, 2.75) is 20.4 Å². The molecule has 144 valence electrons. The number of nitrogens with zero attached hydrogens (tertiary/aromatic N) is 2. The largest absolute Gasteiger partial charge is 0.322 e. The lowest BCUT2D eigenvalue weighted by Crippen LogP contribution is -2.32. The van der Waals surface area contributed by atoms with Gasteiger partial charge in [-0.3, -0.25) is 14.7 Å². The zero-order valence-corrected chi connectivity index (χ0v) is 17.2. The number of benzene rings is 2. The van der Waals surface area contributed by atoms with E-state index in [1.54, 1.807) is 0 Å². The molecule has 5 heteroatoms. The van der Waals surface area contributed by atoms with Crippen molar-refractivity contribution >= 4 is 34.3 Å². The molecule has 1 saturated heterocycles. The normalized spacial score (nSPS) is 14.9. The Morgan fingerprint density at radius 3 is 2.71 bits per heavy atom. The zero-order valence-electron chi connectivity index (χ0n) is 16.4. The minimum absolute atomic E-state index is 0.102. The molecule has 0 aliphatic carbocycles. The Bertz CT molecular complexity index is 1010. The van der Waals surface area contributed by atoms with Crippen molar-refractivity contribution in [3.8, 4) is 0 Å². The molecule has 2 aromatic carbocycles. The topological polar surface area (TPSA) is 45.2 Å². The summed E-state index contributed by atoms with van der Waals surface area (Å²) >= 11 is 2.01. The summed E-state index contributed by atoms with van der Waals surface area (Å²) in [7, 11) is 0. The van der Waals surface area contributed by atoms with Gasteiger partial charge in [-0.1, -0.05) is 29.8 Å². The fraction of sp³-hybridized carbons (Fsp3) is 0.304. The highest BCUT2D eigenvalue weighted by atomic mass is 32.2. The summed E-state index contributed by atoms with van der Waals surface area (Å²) in [6, 6.07) is 16.2. The number of hydrogen-bond acceptors (Lipinski definition) is 4. The zero-order chi connectivity index (χ0) is 19.5. The third kappa shape index (κ3) is 4.21. The Balaban J connectivity index is 1.58. The van der Waals surface area contributed by atoms with E-state index >= 15 is 0 Å². The van der Waals surface area contributed by atoms with Crippen molar-refractivity contribution < 1.29 is 4.79 Å². The molecule has 1 amide bonds. The summed E-state index contributed by atoms with van der Waals surface area (Å²) in [6.07, 6.45) is 0. The second-order valence-corrected chi connectivity index (χ2v) is 8.54. The molecule has 2 heterocycles. The van der Waals surface area contributed by atoms with Gasteiger partial charge in [-0.15, -0.1) is 0 Å². The van der Waals surface area contributed by atoms with Crippen molar-refractivity contribution in [2.24, 2.45) is 0 Å². The summed E-state index contributed by atoms with van der Waals surface area (Å²) < 4.78 is 0. The second kappa shape index (κ2) is 8.33. The SMILES string of the molecule is Cc1ccc2nc(C)c(C(=O)Nc3ccccc3CN3CCSCC3)cc2c1. The van der Waals surface area contributed by atoms with Crippen molar-refractivity contribution in [2.75, 3.05) is 29.9 Å². The van der Waals surface area contributed by atoms with Crippen LogP contribution in [-0.2, 0) is 6.54 Å². The van der Waals surface area contributed by atoms with E-state index in [1.807, 2.05) is 62.0 Å². The lowest BCUT2D eigenvalue weighted by atomic mass is 10.1. The number of fused-ring (bicyclic) bond motifs is 1. The maximum Gasteiger partial charge on any atom is 0.257 e. The lowest BCUT2D eigenvalue weighted by molar-refractivity contribution is 0.102. The summed E-state index contributed by atoms with van der Waals surface area (Å²) in [5.41, 5.74) is 5.50. The van der Waals surface area contributed by atoms with Crippen LogP contribution >= 0.6 is 11.8 Å². The van der Waals surface area contributed by atoms with Crippen molar-refractivity contribution in [3.63, 3.8) is 0 Å². The molecule has 1 aromatic heterocycles. The first-order valence-electron chi connectivity index (χ1n) is 9.67. The van der Waals surface area contributed by atoms with Crippen LogP contribution in [0.4, 0.5) is 5.69 Å². The van der Waals surface area contributed by atoms with Gasteiger partial charge in [-0.2, -0.15) is 11.8 Å². The molecule has 0 spiro atoms. The van der Waals surface area contributed by atoms with E-state index in [2.05, 4.69) is 27.3 Å². The monoisotopic (exact) mass is 391 g/mol. The van der Waals surface area contributed by atoms with E-state index in [0.717, 1.165) is 53.0 Å². The molecule has 4 nitrogen and oxygen atoms in total. The Hall–Kier alpha value is -2.37. The van der Waals surface area contributed by atoms with Crippen LogP contribution in [0.1, 0.15) is 27.2 Å². The minimum atomic E-state index is -0.102. The van der Waals surface area contributed by atoms with Gasteiger partial charge in [0.25, 0.3) is 5.91 Å². The van der Waals surface area contributed by atoms with Crippen LogP contribution in [-0.4, -0.2) is 40.4 Å². The van der Waals surface area contributed by atoms with Crippen molar-refractivity contribution in [1.82, 2.24) is 9.88 Å². The number of carbonyl (C=O) groups excluding carboxylic acids is 1. The number of anilines is 1. The molecule has 3 aromatic rings. The van der Waals surface area contributed by atoms with Gasteiger partial charge in [0, 0.05) is 42.2 Å². The smallest absolute Gasteiger partial charge is 0.257 e. The van der Waals surface area contributed by atoms with E-state index in [9.17, 15) is 4.79 Å². The Morgan fingerprint density at radius 2 is 1.89 bits per heavy atom.